The van der Waals surface area contributed by atoms with Crippen LogP contribution in [-0.2, 0) is 6.54 Å². The molecule has 0 radical (unpaired) electrons. The fraction of sp³-hybridized carbons (Fsp3) is 0.263. The van der Waals surface area contributed by atoms with Crippen molar-refractivity contribution in [2.75, 3.05) is 25.2 Å². The molecule has 2 heterocycles. The lowest BCUT2D eigenvalue weighted by Crippen LogP contribution is -2.19. The second-order valence-corrected chi connectivity index (χ2v) is 7.88. The number of carbonyl (C=O) groups excluding carboxylic acids is 1. The molecule has 1 aromatic heterocycles. The van der Waals surface area contributed by atoms with Gasteiger partial charge in [-0.25, -0.2) is 4.39 Å². The van der Waals surface area contributed by atoms with Crippen molar-refractivity contribution < 1.29 is 18.7 Å². The first-order valence-electron chi connectivity index (χ1n) is 8.43. The SMILES string of the molecule is CSCCn1c(=NC(=O)c2ccccc2F)sc2cc3c(cc21)OCCO3. The van der Waals surface area contributed by atoms with Crippen molar-refractivity contribution >= 4 is 39.2 Å². The summed E-state index contributed by atoms with van der Waals surface area (Å²) in [4.78, 5) is 17.3. The Balaban J connectivity index is 1.85. The van der Waals surface area contributed by atoms with Gasteiger partial charge in [0.25, 0.3) is 5.91 Å². The normalized spacial score (nSPS) is 13.9. The minimum Gasteiger partial charge on any atom is -0.486 e. The molecule has 1 amide bonds. The molecule has 0 spiro atoms. The first-order valence-corrected chi connectivity index (χ1v) is 10.6. The molecule has 0 atom stereocenters. The van der Waals surface area contributed by atoms with E-state index in [0.29, 0.717) is 36.1 Å². The van der Waals surface area contributed by atoms with Crippen LogP contribution in [0, 0.1) is 5.82 Å². The zero-order chi connectivity index (χ0) is 18.8. The van der Waals surface area contributed by atoms with Crippen LogP contribution in [0.3, 0.4) is 0 Å². The third-order valence-corrected chi connectivity index (χ3v) is 5.80. The number of nitrogens with zero attached hydrogens (tertiary/aromatic N) is 2. The van der Waals surface area contributed by atoms with E-state index >= 15 is 0 Å². The minimum absolute atomic E-state index is 0.0302. The van der Waals surface area contributed by atoms with Gasteiger partial charge in [-0.1, -0.05) is 23.5 Å². The van der Waals surface area contributed by atoms with Crippen LogP contribution < -0.4 is 14.3 Å². The molecule has 27 heavy (non-hydrogen) atoms. The standard InChI is InChI=1S/C19H17FN2O3S2/c1-26-9-6-22-14-10-15-16(25-8-7-24-15)11-17(14)27-19(22)21-18(23)12-4-2-3-5-13(12)20/h2-5,10-11H,6-9H2,1H3. The summed E-state index contributed by atoms with van der Waals surface area (Å²) in [5.41, 5.74) is 0.899. The second kappa shape index (κ2) is 7.74. The largest absolute Gasteiger partial charge is 0.486 e. The number of ether oxygens (including phenoxy) is 2. The lowest BCUT2D eigenvalue weighted by atomic mass is 10.2. The van der Waals surface area contributed by atoms with E-state index in [1.165, 1.54) is 23.5 Å². The molecule has 0 fully saturated rings. The fourth-order valence-corrected chi connectivity index (χ4v) is 4.30. The van der Waals surface area contributed by atoms with Crippen LogP contribution in [0.5, 0.6) is 11.5 Å². The second-order valence-electron chi connectivity index (χ2n) is 5.89. The van der Waals surface area contributed by atoms with E-state index < -0.39 is 11.7 Å². The summed E-state index contributed by atoms with van der Waals surface area (Å²) in [6.07, 6.45) is 2.02. The fourth-order valence-electron chi connectivity index (χ4n) is 2.87. The first-order chi connectivity index (χ1) is 13.2. The van der Waals surface area contributed by atoms with Crippen molar-refractivity contribution in [3.05, 3.63) is 52.6 Å². The highest BCUT2D eigenvalue weighted by Gasteiger charge is 2.17. The first kappa shape index (κ1) is 18.1. The Hall–Kier alpha value is -2.32. The molecule has 0 bridgehead atoms. The molecule has 0 saturated carbocycles. The summed E-state index contributed by atoms with van der Waals surface area (Å²) < 4.78 is 28.2. The average Bonchev–Trinajstić information content (AvgIpc) is 3.00. The lowest BCUT2D eigenvalue weighted by molar-refractivity contribution is 0.0994. The molecule has 0 unspecified atom stereocenters. The number of benzene rings is 2. The van der Waals surface area contributed by atoms with E-state index in [0.717, 1.165) is 16.0 Å². The molecule has 0 aliphatic carbocycles. The van der Waals surface area contributed by atoms with Gasteiger partial charge in [0.2, 0.25) is 0 Å². The van der Waals surface area contributed by atoms with Gasteiger partial charge in [-0.05, 0) is 18.4 Å². The number of thioether (sulfide) groups is 1. The van der Waals surface area contributed by atoms with Gasteiger partial charge in [0, 0.05) is 24.4 Å². The van der Waals surface area contributed by atoms with Crippen LogP contribution in [0.2, 0.25) is 0 Å². The summed E-state index contributed by atoms with van der Waals surface area (Å²) in [5.74, 6) is 1.09. The third kappa shape index (κ3) is 3.59. The highest BCUT2D eigenvalue weighted by Crippen LogP contribution is 2.35. The number of amides is 1. The van der Waals surface area contributed by atoms with Crippen molar-refractivity contribution in [1.29, 1.82) is 0 Å². The number of fused-ring (bicyclic) bond motifs is 2. The van der Waals surface area contributed by atoms with E-state index in [-0.39, 0.29) is 5.56 Å². The summed E-state index contributed by atoms with van der Waals surface area (Å²) in [6, 6.07) is 9.72. The van der Waals surface area contributed by atoms with Crippen LogP contribution in [0.1, 0.15) is 10.4 Å². The summed E-state index contributed by atoms with van der Waals surface area (Å²) in [7, 11) is 0. The van der Waals surface area contributed by atoms with Crippen LogP contribution in [0.4, 0.5) is 4.39 Å². The number of thiazole rings is 1. The molecule has 2 aromatic carbocycles. The Morgan fingerprint density at radius 1 is 1.26 bits per heavy atom. The van der Waals surface area contributed by atoms with Gasteiger partial charge in [-0.2, -0.15) is 16.8 Å². The van der Waals surface area contributed by atoms with Crippen molar-refractivity contribution in [1.82, 2.24) is 4.57 Å². The monoisotopic (exact) mass is 404 g/mol. The minimum atomic E-state index is -0.588. The van der Waals surface area contributed by atoms with Crippen molar-refractivity contribution in [3.8, 4) is 11.5 Å². The van der Waals surface area contributed by atoms with E-state index in [1.54, 1.807) is 23.9 Å². The maximum Gasteiger partial charge on any atom is 0.282 e. The highest BCUT2D eigenvalue weighted by molar-refractivity contribution is 7.98. The van der Waals surface area contributed by atoms with Crippen molar-refractivity contribution in [3.63, 3.8) is 0 Å². The van der Waals surface area contributed by atoms with E-state index in [1.807, 2.05) is 23.0 Å². The topological polar surface area (TPSA) is 52.8 Å². The Bertz CT molecular complexity index is 1070. The van der Waals surface area contributed by atoms with Gasteiger partial charge >= 0.3 is 0 Å². The van der Waals surface area contributed by atoms with Gasteiger partial charge < -0.3 is 14.0 Å². The third-order valence-electron chi connectivity index (χ3n) is 4.17. The molecule has 1 aliphatic heterocycles. The predicted molar refractivity (Wildman–Crippen MR) is 105 cm³/mol. The number of hydrogen-bond donors (Lipinski definition) is 0. The van der Waals surface area contributed by atoms with Crippen molar-refractivity contribution in [2.45, 2.75) is 6.54 Å². The van der Waals surface area contributed by atoms with Gasteiger partial charge in [0.15, 0.2) is 16.3 Å². The quantitative estimate of drug-likeness (QED) is 0.665. The molecule has 0 N–H and O–H groups in total. The van der Waals surface area contributed by atoms with Crippen LogP contribution in [0.25, 0.3) is 10.2 Å². The summed E-state index contributed by atoms with van der Waals surface area (Å²) >= 11 is 3.09. The number of halogens is 1. The Morgan fingerprint density at radius 3 is 2.74 bits per heavy atom. The number of aryl methyl sites for hydroxylation is 1. The predicted octanol–water partition coefficient (Wildman–Crippen LogP) is 3.72. The molecular formula is C19H17FN2O3S2. The summed E-state index contributed by atoms with van der Waals surface area (Å²) in [5, 5.41) is 0. The smallest absolute Gasteiger partial charge is 0.282 e. The van der Waals surface area contributed by atoms with Crippen LogP contribution in [0.15, 0.2) is 41.4 Å². The van der Waals surface area contributed by atoms with Gasteiger partial charge in [0.05, 0.1) is 15.8 Å². The van der Waals surface area contributed by atoms with Crippen molar-refractivity contribution in [2.24, 2.45) is 4.99 Å². The summed E-state index contributed by atoms with van der Waals surface area (Å²) in [6.45, 7) is 1.71. The maximum atomic E-state index is 13.9. The number of hydrogen-bond acceptors (Lipinski definition) is 5. The van der Waals surface area contributed by atoms with E-state index in [9.17, 15) is 9.18 Å². The Morgan fingerprint density at radius 2 is 2.00 bits per heavy atom. The number of carbonyl (C=O) groups is 1. The zero-order valence-electron chi connectivity index (χ0n) is 14.6. The molecule has 140 valence electrons. The molecule has 3 aromatic rings. The molecular weight excluding hydrogens is 387 g/mol. The zero-order valence-corrected chi connectivity index (χ0v) is 16.2. The van der Waals surface area contributed by atoms with E-state index in [2.05, 4.69) is 4.99 Å². The molecule has 0 saturated heterocycles. The van der Waals surface area contributed by atoms with Crippen LogP contribution >= 0.6 is 23.1 Å². The van der Waals surface area contributed by atoms with E-state index in [4.69, 9.17) is 9.47 Å². The number of rotatable bonds is 4. The Labute approximate surface area is 163 Å². The lowest BCUT2D eigenvalue weighted by Gasteiger charge is -2.18. The molecule has 1 aliphatic rings. The van der Waals surface area contributed by atoms with Gasteiger partial charge in [-0.3, -0.25) is 4.79 Å². The highest BCUT2D eigenvalue weighted by atomic mass is 32.2. The molecule has 8 heteroatoms. The van der Waals surface area contributed by atoms with Gasteiger partial charge in [0.1, 0.15) is 19.0 Å². The van der Waals surface area contributed by atoms with Gasteiger partial charge in [-0.15, -0.1) is 0 Å². The molecule has 5 nitrogen and oxygen atoms in total. The number of aromatic nitrogens is 1. The molecule has 4 rings (SSSR count). The average molecular weight is 404 g/mol. The van der Waals surface area contributed by atoms with Crippen LogP contribution in [-0.4, -0.2) is 35.7 Å². The Kier molecular flexibility index (Phi) is 5.18. The maximum absolute atomic E-state index is 13.9.